The van der Waals surface area contributed by atoms with Gasteiger partial charge in [-0.25, -0.2) is 4.98 Å². The Morgan fingerprint density at radius 2 is 2.32 bits per heavy atom. The topological polar surface area (TPSA) is 51.4 Å². The summed E-state index contributed by atoms with van der Waals surface area (Å²) in [6, 6.07) is 4.49. The van der Waals surface area contributed by atoms with E-state index in [4.69, 9.17) is 10.5 Å². The molecule has 2 heterocycles. The standard InChI is InChI=1S/C15H23N3O/c1-19-15-12(5-3-7-17-15)9-18-8-11-4-2-6-14(16)13(11)10-18/h3,5,7,11,13-14H,2,4,6,8-10,16H2,1H3. The molecule has 3 unspecified atom stereocenters. The van der Waals surface area contributed by atoms with Crippen LogP contribution in [0.4, 0.5) is 0 Å². The zero-order valence-electron chi connectivity index (χ0n) is 11.6. The maximum Gasteiger partial charge on any atom is 0.217 e. The molecule has 0 amide bonds. The van der Waals surface area contributed by atoms with Gasteiger partial charge < -0.3 is 10.5 Å². The molecule has 0 spiro atoms. The predicted octanol–water partition coefficient (Wildman–Crippen LogP) is 1.65. The SMILES string of the molecule is COc1ncccc1CN1CC2CCCC(N)C2C1. The summed E-state index contributed by atoms with van der Waals surface area (Å²) in [4.78, 5) is 6.79. The monoisotopic (exact) mass is 261 g/mol. The number of methoxy groups -OCH3 is 1. The highest BCUT2D eigenvalue weighted by Gasteiger charge is 2.38. The number of ether oxygens (including phenoxy) is 1. The summed E-state index contributed by atoms with van der Waals surface area (Å²) in [5.41, 5.74) is 7.45. The number of hydrogen-bond acceptors (Lipinski definition) is 4. The molecule has 1 aromatic rings. The maximum absolute atomic E-state index is 6.27. The summed E-state index contributed by atoms with van der Waals surface area (Å²) < 4.78 is 5.33. The molecule has 1 saturated carbocycles. The summed E-state index contributed by atoms with van der Waals surface area (Å²) >= 11 is 0. The summed E-state index contributed by atoms with van der Waals surface area (Å²) in [6.45, 7) is 3.23. The van der Waals surface area contributed by atoms with Crippen LogP contribution in [-0.4, -0.2) is 36.1 Å². The van der Waals surface area contributed by atoms with Crippen LogP contribution in [0.1, 0.15) is 24.8 Å². The maximum atomic E-state index is 6.27. The van der Waals surface area contributed by atoms with Crippen LogP contribution in [0.3, 0.4) is 0 Å². The minimum atomic E-state index is 0.402. The second-order valence-corrected chi connectivity index (χ2v) is 5.88. The van der Waals surface area contributed by atoms with Gasteiger partial charge in [0.1, 0.15) is 0 Å². The minimum Gasteiger partial charge on any atom is -0.481 e. The van der Waals surface area contributed by atoms with E-state index in [-0.39, 0.29) is 0 Å². The van der Waals surface area contributed by atoms with Gasteiger partial charge in [0, 0.05) is 37.4 Å². The fraction of sp³-hybridized carbons (Fsp3) is 0.667. The Labute approximate surface area is 115 Å². The molecule has 2 N–H and O–H groups in total. The minimum absolute atomic E-state index is 0.402. The van der Waals surface area contributed by atoms with Gasteiger partial charge in [-0.15, -0.1) is 0 Å². The number of pyridine rings is 1. The van der Waals surface area contributed by atoms with Crippen LogP contribution in [0.15, 0.2) is 18.3 Å². The first kappa shape index (κ1) is 12.9. The molecule has 0 aromatic carbocycles. The molecule has 19 heavy (non-hydrogen) atoms. The van der Waals surface area contributed by atoms with Crippen molar-refractivity contribution in [2.45, 2.75) is 31.8 Å². The van der Waals surface area contributed by atoms with Crippen molar-refractivity contribution < 1.29 is 4.74 Å². The Balaban J connectivity index is 1.68. The fourth-order valence-electron chi connectivity index (χ4n) is 3.71. The molecule has 104 valence electrons. The van der Waals surface area contributed by atoms with E-state index in [0.29, 0.717) is 12.0 Å². The molecule has 0 bridgehead atoms. The van der Waals surface area contributed by atoms with Crippen molar-refractivity contribution in [2.24, 2.45) is 17.6 Å². The predicted molar refractivity (Wildman–Crippen MR) is 74.9 cm³/mol. The molecule has 2 fully saturated rings. The van der Waals surface area contributed by atoms with Crippen LogP contribution < -0.4 is 10.5 Å². The molecule has 1 aliphatic heterocycles. The highest BCUT2D eigenvalue weighted by Crippen LogP contribution is 2.36. The second-order valence-electron chi connectivity index (χ2n) is 5.88. The molecule has 1 saturated heterocycles. The lowest BCUT2D eigenvalue weighted by Gasteiger charge is -2.29. The van der Waals surface area contributed by atoms with Crippen LogP contribution in [-0.2, 0) is 6.54 Å². The van der Waals surface area contributed by atoms with E-state index in [9.17, 15) is 0 Å². The Morgan fingerprint density at radius 3 is 3.11 bits per heavy atom. The average molecular weight is 261 g/mol. The molecule has 1 aromatic heterocycles. The van der Waals surface area contributed by atoms with Crippen molar-refractivity contribution in [1.82, 2.24) is 9.88 Å². The van der Waals surface area contributed by atoms with Gasteiger partial charge >= 0.3 is 0 Å². The van der Waals surface area contributed by atoms with Gasteiger partial charge in [-0.3, -0.25) is 4.90 Å². The average Bonchev–Trinajstić information content (AvgIpc) is 2.83. The number of nitrogens with zero attached hydrogens (tertiary/aromatic N) is 2. The Hall–Kier alpha value is -1.13. The second kappa shape index (κ2) is 5.47. The van der Waals surface area contributed by atoms with E-state index in [2.05, 4.69) is 16.0 Å². The van der Waals surface area contributed by atoms with Crippen molar-refractivity contribution in [2.75, 3.05) is 20.2 Å². The van der Waals surface area contributed by atoms with Crippen LogP contribution in [0.5, 0.6) is 5.88 Å². The number of aromatic nitrogens is 1. The van der Waals surface area contributed by atoms with Crippen molar-refractivity contribution >= 4 is 0 Å². The highest BCUT2D eigenvalue weighted by molar-refractivity contribution is 5.25. The zero-order chi connectivity index (χ0) is 13.2. The van der Waals surface area contributed by atoms with Gasteiger partial charge in [0.05, 0.1) is 7.11 Å². The fourth-order valence-corrected chi connectivity index (χ4v) is 3.71. The molecule has 3 atom stereocenters. The third-order valence-electron chi connectivity index (χ3n) is 4.67. The van der Waals surface area contributed by atoms with Crippen molar-refractivity contribution in [3.05, 3.63) is 23.9 Å². The number of fused-ring (bicyclic) bond motifs is 1. The van der Waals surface area contributed by atoms with Crippen LogP contribution in [0.25, 0.3) is 0 Å². The quantitative estimate of drug-likeness (QED) is 0.899. The largest absolute Gasteiger partial charge is 0.481 e. The van der Waals surface area contributed by atoms with E-state index in [1.807, 2.05) is 6.07 Å². The first-order valence-electron chi connectivity index (χ1n) is 7.23. The molecule has 2 aliphatic rings. The Kier molecular flexibility index (Phi) is 3.71. The van der Waals surface area contributed by atoms with Gasteiger partial charge in [0.15, 0.2) is 0 Å². The molecule has 1 aliphatic carbocycles. The summed E-state index contributed by atoms with van der Waals surface area (Å²) in [5, 5.41) is 0. The number of rotatable bonds is 3. The lowest BCUT2D eigenvalue weighted by molar-refractivity contribution is 0.259. The van der Waals surface area contributed by atoms with E-state index in [0.717, 1.165) is 24.9 Å². The van der Waals surface area contributed by atoms with Crippen molar-refractivity contribution in [3.8, 4) is 5.88 Å². The first-order valence-corrected chi connectivity index (χ1v) is 7.23. The van der Waals surface area contributed by atoms with Gasteiger partial charge in [-0.05, 0) is 30.7 Å². The third-order valence-corrected chi connectivity index (χ3v) is 4.67. The highest BCUT2D eigenvalue weighted by atomic mass is 16.5. The van der Waals surface area contributed by atoms with Crippen LogP contribution in [0.2, 0.25) is 0 Å². The lowest BCUT2D eigenvalue weighted by atomic mass is 9.78. The lowest BCUT2D eigenvalue weighted by Crippen LogP contribution is -2.38. The summed E-state index contributed by atoms with van der Waals surface area (Å²) in [5.74, 6) is 2.24. The third kappa shape index (κ3) is 2.60. The molecule has 3 rings (SSSR count). The molecular formula is C15H23N3O. The Bertz CT molecular complexity index is 437. The van der Waals surface area contributed by atoms with E-state index in [1.165, 1.54) is 31.4 Å². The summed E-state index contributed by atoms with van der Waals surface area (Å²) in [6.07, 6.45) is 5.62. The van der Waals surface area contributed by atoms with E-state index in [1.54, 1.807) is 13.3 Å². The van der Waals surface area contributed by atoms with Crippen molar-refractivity contribution in [3.63, 3.8) is 0 Å². The van der Waals surface area contributed by atoms with Crippen LogP contribution in [0, 0.1) is 11.8 Å². The molecule has 4 nitrogen and oxygen atoms in total. The summed E-state index contributed by atoms with van der Waals surface area (Å²) in [7, 11) is 1.69. The normalized spacial score (nSPS) is 31.2. The molecular weight excluding hydrogens is 238 g/mol. The smallest absolute Gasteiger partial charge is 0.217 e. The number of hydrogen-bond donors (Lipinski definition) is 1. The number of nitrogens with two attached hydrogens (primary N) is 1. The number of likely N-dealkylation sites (tertiary alicyclic amines) is 1. The van der Waals surface area contributed by atoms with Gasteiger partial charge in [-0.2, -0.15) is 0 Å². The van der Waals surface area contributed by atoms with Gasteiger partial charge in [-0.1, -0.05) is 12.5 Å². The molecule has 0 radical (unpaired) electrons. The molecule has 4 heteroatoms. The van der Waals surface area contributed by atoms with Gasteiger partial charge in [0.2, 0.25) is 5.88 Å². The zero-order valence-corrected chi connectivity index (χ0v) is 11.6. The van der Waals surface area contributed by atoms with E-state index < -0.39 is 0 Å². The van der Waals surface area contributed by atoms with Crippen LogP contribution >= 0.6 is 0 Å². The van der Waals surface area contributed by atoms with Gasteiger partial charge in [0.25, 0.3) is 0 Å². The first-order chi connectivity index (χ1) is 9.28. The van der Waals surface area contributed by atoms with Crippen molar-refractivity contribution in [1.29, 1.82) is 0 Å². The van der Waals surface area contributed by atoms with E-state index >= 15 is 0 Å². The Morgan fingerprint density at radius 1 is 1.42 bits per heavy atom.